The molecule has 0 amide bonds. The molecule has 1 aromatic rings. The number of nitrogens with two attached hydrogens (primary N) is 1. The van der Waals surface area contributed by atoms with Crippen LogP contribution in [-0.2, 0) is 6.54 Å². The molecule has 0 bridgehead atoms. The molecule has 0 saturated heterocycles. The van der Waals surface area contributed by atoms with Gasteiger partial charge in [-0.05, 0) is 6.92 Å². The number of aryl methyl sites for hydroxylation is 1. The van der Waals surface area contributed by atoms with Gasteiger partial charge < -0.3 is 9.99 Å². The van der Waals surface area contributed by atoms with E-state index >= 15 is 0 Å². The van der Waals surface area contributed by atoms with Gasteiger partial charge in [-0.2, -0.15) is 0 Å². The average molecular weight is 154 g/mol. The molecular weight excluding hydrogens is 144 g/mol. The van der Waals surface area contributed by atoms with Crippen LogP contribution in [-0.4, -0.2) is 9.55 Å². The van der Waals surface area contributed by atoms with Crippen LogP contribution in [0.5, 0.6) is 0 Å². The summed E-state index contributed by atoms with van der Waals surface area (Å²) in [6.45, 7) is 2.50. The summed E-state index contributed by atoms with van der Waals surface area (Å²) < 4.78 is 1.52. The summed E-state index contributed by atoms with van der Waals surface area (Å²) in [4.78, 5) is 14.9. The Bertz CT molecular complexity index is 268. The van der Waals surface area contributed by atoms with Crippen LogP contribution in [0.4, 0.5) is 5.82 Å². The molecule has 0 spiro atoms. The molecule has 0 aliphatic rings. The number of aromatic nitrogens is 2. The highest BCUT2D eigenvalue weighted by molar-refractivity contribution is 5.28. The van der Waals surface area contributed by atoms with Gasteiger partial charge in [-0.15, -0.1) is 0 Å². The minimum absolute atomic E-state index is 0.175. The fraction of sp³-hybridized carbons (Fsp3) is 0.333. The number of nitrogens with zero attached hydrogens (tertiary/aromatic N) is 2. The minimum atomic E-state index is -0.197. The smallest absolute Gasteiger partial charge is 0.294 e. The standard InChI is InChI=1S/C6H10N4O/c1-2-10-4-3-8-5(9-7)6(10)11/h3-4H,2,7H2,1H3,(H,8,9). The van der Waals surface area contributed by atoms with E-state index in [1.54, 1.807) is 6.20 Å². The summed E-state index contributed by atoms with van der Waals surface area (Å²) in [5.41, 5.74) is 2.03. The Balaban J connectivity index is 3.21. The Morgan fingerprint density at radius 3 is 3.09 bits per heavy atom. The van der Waals surface area contributed by atoms with E-state index in [-0.39, 0.29) is 11.4 Å². The van der Waals surface area contributed by atoms with Gasteiger partial charge in [0, 0.05) is 18.9 Å². The Kier molecular flexibility index (Phi) is 2.22. The molecule has 0 radical (unpaired) electrons. The van der Waals surface area contributed by atoms with E-state index in [1.807, 2.05) is 6.92 Å². The fourth-order valence-corrected chi connectivity index (χ4v) is 0.795. The predicted molar refractivity (Wildman–Crippen MR) is 42.0 cm³/mol. The molecule has 0 aromatic carbocycles. The van der Waals surface area contributed by atoms with Crippen LogP contribution in [0.15, 0.2) is 17.2 Å². The van der Waals surface area contributed by atoms with Crippen molar-refractivity contribution in [3.63, 3.8) is 0 Å². The molecule has 0 aliphatic heterocycles. The van der Waals surface area contributed by atoms with E-state index in [0.29, 0.717) is 6.54 Å². The first-order chi connectivity index (χ1) is 5.29. The Morgan fingerprint density at radius 1 is 1.82 bits per heavy atom. The molecule has 0 fully saturated rings. The van der Waals surface area contributed by atoms with Crippen LogP contribution >= 0.6 is 0 Å². The lowest BCUT2D eigenvalue weighted by atomic mass is 10.6. The summed E-state index contributed by atoms with van der Waals surface area (Å²) >= 11 is 0. The van der Waals surface area contributed by atoms with Gasteiger partial charge in [-0.3, -0.25) is 4.79 Å². The topological polar surface area (TPSA) is 72.9 Å². The number of hydrogen-bond acceptors (Lipinski definition) is 4. The van der Waals surface area contributed by atoms with Crippen LogP contribution in [0, 0.1) is 0 Å². The lowest BCUT2D eigenvalue weighted by Gasteiger charge is -2.02. The van der Waals surface area contributed by atoms with Crippen molar-refractivity contribution in [2.75, 3.05) is 5.43 Å². The van der Waals surface area contributed by atoms with Crippen LogP contribution in [0.2, 0.25) is 0 Å². The maximum absolute atomic E-state index is 11.2. The van der Waals surface area contributed by atoms with Crippen molar-refractivity contribution in [2.45, 2.75) is 13.5 Å². The average Bonchev–Trinajstić information content (AvgIpc) is 2.05. The summed E-state index contributed by atoms with van der Waals surface area (Å²) in [6.07, 6.45) is 3.14. The molecule has 5 nitrogen and oxygen atoms in total. The van der Waals surface area contributed by atoms with E-state index < -0.39 is 0 Å². The molecule has 11 heavy (non-hydrogen) atoms. The number of nitrogens with one attached hydrogen (secondary N) is 1. The second-order valence-corrected chi connectivity index (χ2v) is 2.01. The molecule has 0 saturated carbocycles. The Morgan fingerprint density at radius 2 is 2.55 bits per heavy atom. The van der Waals surface area contributed by atoms with Crippen molar-refractivity contribution in [1.29, 1.82) is 0 Å². The zero-order valence-electron chi connectivity index (χ0n) is 6.24. The van der Waals surface area contributed by atoms with Gasteiger partial charge >= 0.3 is 0 Å². The SMILES string of the molecule is CCn1ccnc(NN)c1=O. The molecule has 60 valence electrons. The maximum atomic E-state index is 11.2. The van der Waals surface area contributed by atoms with Crippen LogP contribution in [0.3, 0.4) is 0 Å². The molecule has 0 unspecified atom stereocenters. The molecule has 1 aromatic heterocycles. The van der Waals surface area contributed by atoms with Gasteiger partial charge in [0.25, 0.3) is 5.56 Å². The molecule has 1 rings (SSSR count). The summed E-state index contributed by atoms with van der Waals surface area (Å²) in [7, 11) is 0. The number of nitrogen functional groups attached to an aromatic ring is 1. The second-order valence-electron chi connectivity index (χ2n) is 2.01. The van der Waals surface area contributed by atoms with Gasteiger partial charge in [0.2, 0.25) is 5.82 Å². The van der Waals surface area contributed by atoms with Gasteiger partial charge in [-0.1, -0.05) is 0 Å². The first kappa shape index (κ1) is 7.74. The zero-order valence-corrected chi connectivity index (χ0v) is 6.24. The maximum Gasteiger partial charge on any atom is 0.294 e. The fourth-order valence-electron chi connectivity index (χ4n) is 0.795. The van der Waals surface area contributed by atoms with Crippen LogP contribution < -0.4 is 16.8 Å². The number of hydrogen-bond donors (Lipinski definition) is 2. The van der Waals surface area contributed by atoms with Crippen LogP contribution in [0.25, 0.3) is 0 Å². The van der Waals surface area contributed by atoms with Crippen molar-refractivity contribution in [1.82, 2.24) is 9.55 Å². The molecule has 0 atom stereocenters. The first-order valence-electron chi connectivity index (χ1n) is 3.31. The number of anilines is 1. The van der Waals surface area contributed by atoms with E-state index in [4.69, 9.17) is 5.84 Å². The van der Waals surface area contributed by atoms with E-state index in [1.165, 1.54) is 10.8 Å². The summed E-state index contributed by atoms with van der Waals surface area (Å²) in [5.74, 6) is 5.22. The lowest BCUT2D eigenvalue weighted by molar-refractivity contribution is 0.719. The Hall–Kier alpha value is -1.36. The molecule has 1 heterocycles. The number of rotatable bonds is 2. The van der Waals surface area contributed by atoms with Crippen molar-refractivity contribution < 1.29 is 0 Å². The summed E-state index contributed by atoms with van der Waals surface area (Å²) in [5, 5.41) is 0. The lowest BCUT2D eigenvalue weighted by Crippen LogP contribution is -2.25. The third kappa shape index (κ3) is 1.38. The minimum Gasteiger partial charge on any atom is -0.311 e. The van der Waals surface area contributed by atoms with Crippen molar-refractivity contribution in [2.24, 2.45) is 5.84 Å². The third-order valence-corrected chi connectivity index (χ3v) is 1.39. The normalized spacial score (nSPS) is 9.64. The molecule has 5 heteroatoms. The quantitative estimate of drug-likeness (QED) is 0.447. The van der Waals surface area contributed by atoms with Gasteiger partial charge in [0.05, 0.1) is 0 Å². The highest BCUT2D eigenvalue weighted by Gasteiger charge is 1.98. The van der Waals surface area contributed by atoms with Gasteiger partial charge in [-0.25, -0.2) is 10.8 Å². The zero-order chi connectivity index (χ0) is 8.27. The van der Waals surface area contributed by atoms with E-state index in [2.05, 4.69) is 10.4 Å². The molecular formula is C6H10N4O. The molecule has 0 aliphatic carbocycles. The van der Waals surface area contributed by atoms with E-state index in [9.17, 15) is 4.79 Å². The summed E-state index contributed by atoms with van der Waals surface area (Å²) in [6, 6.07) is 0. The van der Waals surface area contributed by atoms with E-state index in [0.717, 1.165) is 0 Å². The predicted octanol–water partition coefficient (Wildman–Crippen LogP) is -0.451. The van der Waals surface area contributed by atoms with Crippen LogP contribution in [0.1, 0.15) is 6.92 Å². The monoisotopic (exact) mass is 154 g/mol. The van der Waals surface area contributed by atoms with Crippen molar-refractivity contribution >= 4 is 5.82 Å². The number of hydrazine groups is 1. The largest absolute Gasteiger partial charge is 0.311 e. The highest BCUT2D eigenvalue weighted by Crippen LogP contribution is 1.88. The highest BCUT2D eigenvalue weighted by atomic mass is 16.1. The Labute approximate surface area is 63.8 Å². The first-order valence-corrected chi connectivity index (χ1v) is 3.31. The van der Waals surface area contributed by atoms with Crippen molar-refractivity contribution in [3.05, 3.63) is 22.7 Å². The third-order valence-electron chi connectivity index (χ3n) is 1.39. The van der Waals surface area contributed by atoms with Gasteiger partial charge in [0.1, 0.15) is 0 Å². The second kappa shape index (κ2) is 3.16. The van der Waals surface area contributed by atoms with Gasteiger partial charge in [0.15, 0.2) is 0 Å². The van der Waals surface area contributed by atoms with Crippen molar-refractivity contribution in [3.8, 4) is 0 Å². The molecule has 3 N–H and O–H groups in total.